The first-order chi connectivity index (χ1) is 7.90. The maximum absolute atomic E-state index is 11.3. The van der Waals surface area contributed by atoms with Gasteiger partial charge in [0, 0.05) is 6.20 Å². The summed E-state index contributed by atoms with van der Waals surface area (Å²) in [5.41, 5.74) is 0.656. The van der Waals surface area contributed by atoms with Crippen LogP contribution in [-0.2, 0) is 11.3 Å². The Balaban J connectivity index is 2.45. The van der Waals surface area contributed by atoms with E-state index in [1.165, 1.54) is 6.20 Å². The van der Waals surface area contributed by atoms with E-state index in [0.29, 0.717) is 11.3 Å². The summed E-state index contributed by atoms with van der Waals surface area (Å²) < 4.78 is 5.07. The van der Waals surface area contributed by atoms with Crippen LogP contribution >= 0.6 is 0 Å². The Morgan fingerprint density at radius 3 is 2.71 bits per heavy atom. The molecule has 1 rings (SSSR count). The number of pyridine rings is 1. The minimum atomic E-state index is -0.512. The summed E-state index contributed by atoms with van der Waals surface area (Å²) in [5, 5.41) is 11.2. The molecular formula is C12H15N3O2. The Morgan fingerprint density at radius 1 is 1.53 bits per heavy atom. The van der Waals surface area contributed by atoms with Gasteiger partial charge in [0.1, 0.15) is 11.7 Å². The van der Waals surface area contributed by atoms with Crippen molar-refractivity contribution in [2.45, 2.75) is 32.9 Å². The molecule has 1 heterocycles. The number of hydrogen-bond donors (Lipinski definition) is 1. The molecule has 0 bridgehead atoms. The molecule has 90 valence electrons. The van der Waals surface area contributed by atoms with Crippen molar-refractivity contribution in [3.63, 3.8) is 0 Å². The van der Waals surface area contributed by atoms with E-state index in [1.54, 1.807) is 32.9 Å². The molecule has 0 aliphatic rings. The Labute approximate surface area is 100 Å². The van der Waals surface area contributed by atoms with E-state index in [4.69, 9.17) is 10.00 Å². The van der Waals surface area contributed by atoms with Crippen LogP contribution in [0.1, 0.15) is 32.0 Å². The van der Waals surface area contributed by atoms with Gasteiger partial charge in [-0.15, -0.1) is 0 Å². The summed E-state index contributed by atoms with van der Waals surface area (Å²) in [4.78, 5) is 15.4. The van der Waals surface area contributed by atoms with Crippen LogP contribution in [0, 0.1) is 11.3 Å². The fraction of sp³-hybridized carbons (Fsp3) is 0.417. The molecule has 0 saturated heterocycles. The number of nitrogens with one attached hydrogen (secondary N) is 1. The molecule has 0 aliphatic heterocycles. The molecule has 1 aromatic rings. The fourth-order valence-electron chi connectivity index (χ4n) is 1.07. The van der Waals surface area contributed by atoms with Gasteiger partial charge in [-0.3, -0.25) is 4.98 Å². The number of ether oxygens (including phenoxy) is 1. The normalized spacial score (nSPS) is 10.5. The second-order valence-electron chi connectivity index (χ2n) is 4.51. The van der Waals surface area contributed by atoms with Crippen molar-refractivity contribution in [2.75, 3.05) is 0 Å². The van der Waals surface area contributed by atoms with Crippen LogP contribution in [0.4, 0.5) is 4.79 Å². The smallest absolute Gasteiger partial charge is 0.407 e. The Bertz CT molecular complexity index is 427. The predicted molar refractivity (Wildman–Crippen MR) is 62.0 cm³/mol. The van der Waals surface area contributed by atoms with E-state index in [0.717, 1.165) is 0 Å². The van der Waals surface area contributed by atoms with Crippen molar-refractivity contribution < 1.29 is 9.53 Å². The monoisotopic (exact) mass is 233 g/mol. The maximum atomic E-state index is 11.3. The number of rotatable bonds is 2. The molecule has 1 aromatic heterocycles. The summed E-state index contributed by atoms with van der Waals surface area (Å²) in [5.74, 6) is 0. The first-order valence-corrected chi connectivity index (χ1v) is 5.22. The first-order valence-electron chi connectivity index (χ1n) is 5.22. The van der Waals surface area contributed by atoms with E-state index in [1.807, 2.05) is 6.07 Å². The van der Waals surface area contributed by atoms with Crippen LogP contribution in [-0.4, -0.2) is 16.7 Å². The molecule has 0 radical (unpaired) electrons. The van der Waals surface area contributed by atoms with Gasteiger partial charge in [0.05, 0.1) is 17.8 Å². The number of alkyl carbamates (subject to hydrolysis) is 1. The fourth-order valence-corrected chi connectivity index (χ4v) is 1.07. The third-order valence-corrected chi connectivity index (χ3v) is 1.77. The van der Waals surface area contributed by atoms with Gasteiger partial charge < -0.3 is 10.1 Å². The summed E-state index contributed by atoms with van der Waals surface area (Å²) in [6.45, 7) is 5.67. The lowest BCUT2D eigenvalue weighted by molar-refractivity contribution is 0.0523. The zero-order valence-corrected chi connectivity index (χ0v) is 10.2. The third kappa shape index (κ3) is 4.98. The number of aromatic nitrogens is 1. The third-order valence-electron chi connectivity index (χ3n) is 1.77. The Morgan fingerprint density at radius 2 is 2.24 bits per heavy atom. The zero-order valence-electron chi connectivity index (χ0n) is 10.2. The standard InChI is InChI=1S/C12H15N3O2/c1-12(2,3)17-11(16)15-8-10-5-4-9(6-13)7-14-10/h4-5,7H,8H2,1-3H3,(H,15,16). The highest BCUT2D eigenvalue weighted by Gasteiger charge is 2.15. The second-order valence-corrected chi connectivity index (χ2v) is 4.51. The number of amides is 1. The van der Waals surface area contributed by atoms with Crippen LogP contribution < -0.4 is 5.32 Å². The van der Waals surface area contributed by atoms with Gasteiger partial charge in [0.15, 0.2) is 0 Å². The molecular weight excluding hydrogens is 218 g/mol. The van der Waals surface area contributed by atoms with Crippen molar-refractivity contribution in [3.05, 3.63) is 29.6 Å². The molecule has 0 atom stereocenters. The van der Waals surface area contributed by atoms with Crippen molar-refractivity contribution in [2.24, 2.45) is 0 Å². The van der Waals surface area contributed by atoms with Gasteiger partial charge in [-0.2, -0.15) is 5.26 Å². The summed E-state index contributed by atoms with van der Waals surface area (Å²) in [7, 11) is 0. The maximum Gasteiger partial charge on any atom is 0.407 e. The Hall–Kier alpha value is -2.09. The van der Waals surface area contributed by atoms with Gasteiger partial charge in [-0.25, -0.2) is 4.79 Å². The first kappa shape index (κ1) is 13.0. The van der Waals surface area contributed by atoms with Crippen molar-refractivity contribution in [3.8, 4) is 6.07 Å². The van der Waals surface area contributed by atoms with E-state index >= 15 is 0 Å². The average Bonchev–Trinajstić information content (AvgIpc) is 2.25. The van der Waals surface area contributed by atoms with Gasteiger partial charge in [-0.05, 0) is 32.9 Å². The van der Waals surface area contributed by atoms with Crippen LogP contribution in [0.25, 0.3) is 0 Å². The number of nitriles is 1. The van der Waals surface area contributed by atoms with Gasteiger partial charge in [0.25, 0.3) is 0 Å². The summed E-state index contributed by atoms with van der Waals surface area (Å²) >= 11 is 0. The van der Waals surface area contributed by atoms with E-state index in [-0.39, 0.29) is 6.54 Å². The molecule has 0 aromatic carbocycles. The number of carbonyl (C=O) groups excluding carboxylic acids is 1. The molecule has 0 fully saturated rings. The second kappa shape index (κ2) is 5.30. The molecule has 0 unspecified atom stereocenters. The van der Waals surface area contributed by atoms with Crippen LogP contribution in [0.2, 0.25) is 0 Å². The molecule has 1 amide bonds. The predicted octanol–water partition coefficient (Wildman–Crippen LogP) is 1.98. The molecule has 5 heteroatoms. The van der Waals surface area contributed by atoms with Crippen LogP contribution in [0.5, 0.6) is 0 Å². The topological polar surface area (TPSA) is 75.0 Å². The number of nitrogens with zero attached hydrogens (tertiary/aromatic N) is 2. The van der Waals surface area contributed by atoms with Crippen molar-refractivity contribution >= 4 is 6.09 Å². The largest absolute Gasteiger partial charge is 0.444 e. The zero-order chi connectivity index (χ0) is 12.9. The molecule has 1 N–H and O–H groups in total. The van der Waals surface area contributed by atoms with Crippen LogP contribution in [0.15, 0.2) is 18.3 Å². The summed E-state index contributed by atoms with van der Waals surface area (Å²) in [6, 6.07) is 5.32. The van der Waals surface area contributed by atoms with Gasteiger partial charge >= 0.3 is 6.09 Å². The highest BCUT2D eigenvalue weighted by molar-refractivity contribution is 5.67. The van der Waals surface area contributed by atoms with E-state index in [2.05, 4.69) is 10.3 Å². The lowest BCUT2D eigenvalue weighted by Gasteiger charge is -2.19. The average molecular weight is 233 g/mol. The molecule has 5 nitrogen and oxygen atoms in total. The lowest BCUT2D eigenvalue weighted by Crippen LogP contribution is -2.32. The number of carbonyl (C=O) groups is 1. The highest BCUT2D eigenvalue weighted by atomic mass is 16.6. The highest BCUT2D eigenvalue weighted by Crippen LogP contribution is 2.06. The van der Waals surface area contributed by atoms with Crippen LogP contribution in [0.3, 0.4) is 0 Å². The lowest BCUT2D eigenvalue weighted by atomic mass is 10.2. The minimum Gasteiger partial charge on any atom is -0.444 e. The molecule has 0 spiro atoms. The van der Waals surface area contributed by atoms with Gasteiger partial charge in [-0.1, -0.05) is 0 Å². The van der Waals surface area contributed by atoms with Gasteiger partial charge in [0.2, 0.25) is 0 Å². The van der Waals surface area contributed by atoms with E-state index in [9.17, 15) is 4.79 Å². The molecule has 0 aliphatic carbocycles. The quantitative estimate of drug-likeness (QED) is 0.847. The van der Waals surface area contributed by atoms with Crippen molar-refractivity contribution in [1.82, 2.24) is 10.3 Å². The van der Waals surface area contributed by atoms with E-state index < -0.39 is 11.7 Å². The Kier molecular flexibility index (Phi) is 4.05. The summed E-state index contributed by atoms with van der Waals surface area (Å²) in [6.07, 6.45) is 0.982. The van der Waals surface area contributed by atoms with Crippen molar-refractivity contribution in [1.29, 1.82) is 5.26 Å². The number of hydrogen-bond acceptors (Lipinski definition) is 4. The minimum absolute atomic E-state index is 0.278. The molecule has 17 heavy (non-hydrogen) atoms. The molecule has 0 saturated carbocycles. The SMILES string of the molecule is CC(C)(C)OC(=O)NCc1ccc(C#N)cn1.